The quantitative estimate of drug-likeness (QED) is 0.361. The molecule has 0 bridgehead atoms. The monoisotopic (exact) mass is 510 g/mol. The van der Waals surface area contributed by atoms with Gasteiger partial charge in [0.05, 0.1) is 18.1 Å². The average Bonchev–Trinajstić information content (AvgIpc) is 2.91. The Balaban J connectivity index is 0.00000364. The standard InChI is InChI=1S/C18H31ClN6O.HI/c1-5-20-18(23(4)14-17-12-16(19)13-22(17)3)21-6-7-24-8-10-25(11-9-24)15(2)26;/h12-13H,5-11,14H2,1-4H3,(H,20,21);1H. The lowest BCUT2D eigenvalue weighted by Crippen LogP contribution is -2.48. The van der Waals surface area contributed by atoms with Crippen molar-refractivity contribution < 1.29 is 4.79 Å². The minimum Gasteiger partial charge on any atom is -0.357 e. The van der Waals surface area contributed by atoms with Gasteiger partial charge >= 0.3 is 0 Å². The first kappa shape index (κ1) is 24.0. The van der Waals surface area contributed by atoms with Gasteiger partial charge in [-0.1, -0.05) is 11.6 Å². The number of carbonyl (C=O) groups is 1. The van der Waals surface area contributed by atoms with E-state index in [1.807, 2.05) is 35.8 Å². The summed E-state index contributed by atoms with van der Waals surface area (Å²) in [5, 5.41) is 4.10. The van der Waals surface area contributed by atoms with Crippen LogP contribution in [0.1, 0.15) is 19.5 Å². The van der Waals surface area contributed by atoms with Crippen LogP contribution in [0, 0.1) is 0 Å². The Hall–Kier alpha value is -1.000. The van der Waals surface area contributed by atoms with E-state index in [2.05, 4.69) is 22.0 Å². The first-order chi connectivity index (χ1) is 12.4. The Morgan fingerprint density at radius 2 is 2.00 bits per heavy atom. The smallest absolute Gasteiger partial charge is 0.219 e. The fourth-order valence-electron chi connectivity index (χ4n) is 3.09. The summed E-state index contributed by atoms with van der Waals surface area (Å²) in [7, 11) is 4.04. The molecule has 0 spiro atoms. The highest BCUT2D eigenvalue weighted by molar-refractivity contribution is 14.0. The van der Waals surface area contributed by atoms with E-state index in [-0.39, 0.29) is 29.9 Å². The molecule has 154 valence electrons. The molecule has 0 atom stereocenters. The fraction of sp³-hybridized carbons (Fsp3) is 0.667. The second-order valence-electron chi connectivity index (χ2n) is 6.70. The van der Waals surface area contributed by atoms with Gasteiger partial charge in [0.25, 0.3) is 0 Å². The summed E-state index contributed by atoms with van der Waals surface area (Å²) in [6, 6.07) is 1.98. The number of hydrogen-bond donors (Lipinski definition) is 1. The van der Waals surface area contributed by atoms with Crippen LogP contribution in [0.25, 0.3) is 0 Å². The molecule has 1 amide bonds. The molecule has 1 aromatic heterocycles. The second kappa shape index (κ2) is 11.8. The highest BCUT2D eigenvalue weighted by Gasteiger charge is 2.18. The molecule has 0 saturated carbocycles. The lowest BCUT2D eigenvalue weighted by atomic mass is 10.3. The molecule has 9 heteroatoms. The van der Waals surface area contributed by atoms with Gasteiger partial charge in [-0.25, -0.2) is 0 Å². The zero-order valence-corrected chi connectivity index (χ0v) is 19.8. The first-order valence-electron chi connectivity index (χ1n) is 9.18. The Morgan fingerprint density at radius 1 is 1.33 bits per heavy atom. The predicted molar refractivity (Wildman–Crippen MR) is 122 cm³/mol. The highest BCUT2D eigenvalue weighted by atomic mass is 127. The second-order valence-corrected chi connectivity index (χ2v) is 7.14. The Bertz CT molecular complexity index is 627. The van der Waals surface area contributed by atoms with E-state index in [1.54, 1.807) is 6.92 Å². The van der Waals surface area contributed by atoms with Gasteiger partial charge < -0.3 is 19.7 Å². The molecule has 0 aromatic carbocycles. The van der Waals surface area contributed by atoms with E-state index in [4.69, 9.17) is 16.6 Å². The van der Waals surface area contributed by atoms with Crippen LogP contribution in [0.3, 0.4) is 0 Å². The SMILES string of the molecule is CCNC(=NCCN1CCN(C(C)=O)CC1)N(C)Cc1cc(Cl)cn1C.I. The van der Waals surface area contributed by atoms with Crippen molar-refractivity contribution in [2.75, 3.05) is 52.9 Å². The van der Waals surface area contributed by atoms with Gasteiger partial charge in [-0.2, -0.15) is 0 Å². The topological polar surface area (TPSA) is 56.1 Å². The van der Waals surface area contributed by atoms with Crippen molar-refractivity contribution in [3.63, 3.8) is 0 Å². The molecule has 0 radical (unpaired) electrons. The van der Waals surface area contributed by atoms with Gasteiger partial charge in [-0.3, -0.25) is 14.7 Å². The minimum atomic E-state index is 0. The maximum absolute atomic E-state index is 11.4. The number of rotatable bonds is 6. The van der Waals surface area contributed by atoms with Crippen LogP contribution in [0.4, 0.5) is 0 Å². The molecule has 2 rings (SSSR count). The van der Waals surface area contributed by atoms with Crippen molar-refractivity contribution >= 4 is 47.4 Å². The summed E-state index contributed by atoms with van der Waals surface area (Å²) in [6.07, 6.45) is 1.91. The van der Waals surface area contributed by atoms with Gasteiger partial charge in [0.2, 0.25) is 5.91 Å². The van der Waals surface area contributed by atoms with Crippen molar-refractivity contribution in [2.24, 2.45) is 12.0 Å². The number of piperazine rings is 1. The maximum Gasteiger partial charge on any atom is 0.219 e. The normalized spacial score (nSPS) is 15.4. The van der Waals surface area contributed by atoms with E-state index in [9.17, 15) is 4.79 Å². The van der Waals surface area contributed by atoms with Crippen molar-refractivity contribution in [3.05, 3.63) is 23.0 Å². The van der Waals surface area contributed by atoms with Crippen LogP contribution in [-0.2, 0) is 18.4 Å². The van der Waals surface area contributed by atoms with Crippen LogP contribution in [0.2, 0.25) is 5.02 Å². The van der Waals surface area contributed by atoms with Crippen LogP contribution < -0.4 is 5.32 Å². The molecular weight excluding hydrogens is 479 g/mol. The number of aromatic nitrogens is 1. The van der Waals surface area contributed by atoms with Gasteiger partial charge in [0, 0.05) is 72.2 Å². The van der Waals surface area contributed by atoms with Crippen molar-refractivity contribution in [1.82, 2.24) is 24.6 Å². The number of nitrogens with one attached hydrogen (secondary N) is 1. The number of amides is 1. The Morgan fingerprint density at radius 3 is 2.52 bits per heavy atom. The molecule has 0 unspecified atom stereocenters. The zero-order valence-electron chi connectivity index (χ0n) is 16.7. The summed E-state index contributed by atoms with van der Waals surface area (Å²) < 4.78 is 2.04. The van der Waals surface area contributed by atoms with Crippen molar-refractivity contribution in [1.29, 1.82) is 0 Å². The summed E-state index contributed by atoms with van der Waals surface area (Å²) in [4.78, 5) is 22.5. The van der Waals surface area contributed by atoms with E-state index in [0.29, 0.717) is 0 Å². The number of carbonyl (C=O) groups excluding carboxylic acids is 1. The molecular formula is C18H32ClIN6O. The molecule has 1 saturated heterocycles. The van der Waals surface area contributed by atoms with Crippen LogP contribution in [0.15, 0.2) is 17.3 Å². The maximum atomic E-state index is 11.4. The van der Waals surface area contributed by atoms with Gasteiger partial charge in [-0.05, 0) is 13.0 Å². The Kier molecular flexibility index (Phi) is 10.5. The minimum absolute atomic E-state index is 0. The van der Waals surface area contributed by atoms with Crippen LogP contribution in [0.5, 0.6) is 0 Å². The molecule has 1 aliphatic heterocycles. The van der Waals surface area contributed by atoms with E-state index in [1.165, 1.54) is 0 Å². The summed E-state index contributed by atoms with van der Waals surface area (Å²) >= 11 is 6.07. The molecule has 2 heterocycles. The molecule has 7 nitrogen and oxygen atoms in total. The number of guanidine groups is 1. The van der Waals surface area contributed by atoms with Crippen molar-refractivity contribution in [3.8, 4) is 0 Å². The Labute approximate surface area is 184 Å². The third-order valence-corrected chi connectivity index (χ3v) is 4.87. The van der Waals surface area contributed by atoms with Gasteiger partial charge in [0.1, 0.15) is 0 Å². The highest BCUT2D eigenvalue weighted by Crippen LogP contribution is 2.14. The largest absolute Gasteiger partial charge is 0.357 e. The molecule has 0 aliphatic carbocycles. The van der Waals surface area contributed by atoms with Gasteiger partial charge in [0.15, 0.2) is 5.96 Å². The average molecular weight is 511 g/mol. The van der Waals surface area contributed by atoms with Crippen LogP contribution >= 0.6 is 35.6 Å². The molecule has 1 aliphatic rings. The summed E-state index contributed by atoms with van der Waals surface area (Å²) in [5.41, 5.74) is 1.14. The third kappa shape index (κ3) is 7.50. The lowest BCUT2D eigenvalue weighted by Gasteiger charge is -2.33. The number of aliphatic imine (C=N–C) groups is 1. The predicted octanol–water partition coefficient (Wildman–Crippen LogP) is 1.86. The van der Waals surface area contributed by atoms with E-state index >= 15 is 0 Å². The molecule has 1 N–H and O–H groups in total. The van der Waals surface area contributed by atoms with Gasteiger partial charge in [-0.15, -0.1) is 24.0 Å². The zero-order chi connectivity index (χ0) is 19.1. The number of hydrogen-bond acceptors (Lipinski definition) is 3. The molecule has 1 aromatic rings. The summed E-state index contributed by atoms with van der Waals surface area (Å²) in [6.45, 7) is 10.4. The number of halogens is 2. The lowest BCUT2D eigenvalue weighted by molar-refractivity contribution is -0.130. The fourth-order valence-corrected chi connectivity index (χ4v) is 3.37. The van der Waals surface area contributed by atoms with Crippen LogP contribution in [-0.4, -0.2) is 84.0 Å². The van der Waals surface area contributed by atoms with E-state index in [0.717, 1.165) is 69.0 Å². The summed E-state index contributed by atoms with van der Waals surface area (Å²) in [5.74, 6) is 1.06. The number of aryl methyl sites for hydroxylation is 1. The molecule has 27 heavy (non-hydrogen) atoms. The van der Waals surface area contributed by atoms with Crippen molar-refractivity contribution in [2.45, 2.75) is 20.4 Å². The van der Waals surface area contributed by atoms with E-state index < -0.39 is 0 Å². The first-order valence-corrected chi connectivity index (χ1v) is 9.56. The number of nitrogens with zero attached hydrogens (tertiary/aromatic N) is 5. The molecule has 1 fully saturated rings. The third-order valence-electron chi connectivity index (χ3n) is 4.67.